The second-order valence-corrected chi connectivity index (χ2v) is 9.61. The van der Waals surface area contributed by atoms with Gasteiger partial charge in [-0.05, 0) is 61.1 Å². The lowest BCUT2D eigenvalue weighted by atomic mass is 9.51. The summed E-state index contributed by atoms with van der Waals surface area (Å²) in [5, 5.41) is 0. The zero-order valence-electron chi connectivity index (χ0n) is 18.1. The van der Waals surface area contributed by atoms with Gasteiger partial charge in [-0.1, -0.05) is 39.0 Å². The fraction of sp³-hybridized carbons (Fsp3) is 0.520. The summed E-state index contributed by atoms with van der Waals surface area (Å²) in [6, 6.07) is 9.47. The molecule has 162 valence electrons. The number of ether oxygens (including phenoxy) is 1. The van der Waals surface area contributed by atoms with Crippen molar-refractivity contribution in [2.24, 2.45) is 5.41 Å². The molecule has 0 aromatic heterocycles. The molecule has 1 saturated heterocycles. The lowest BCUT2D eigenvalue weighted by molar-refractivity contribution is -0.0658. The molecule has 2 aromatic rings. The van der Waals surface area contributed by atoms with Gasteiger partial charge < -0.3 is 4.74 Å². The predicted octanol–water partition coefficient (Wildman–Crippen LogP) is 5.62. The molecule has 5 heteroatoms. The average molecular weight is 418 g/mol. The number of nitrogens with zero attached hydrogens (tertiary/aromatic N) is 1. The number of piperidine rings is 1. The maximum Gasteiger partial charge on any atom is 0.131 e. The lowest BCUT2D eigenvalue weighted by Gasteiger charge is -2.61. The second-order valence-electron chi connectivity index (χ2n) is 9.61. The zero-order valence-corrected chi connectivity index (χ0v) is 18.1. The van der Waals surface area contributed by atoms with E-state index in [1.165, 1.54) is 18.2 Å². The molecule has 1 fully saturated rings. The Bertz CT molecular complexity index is 924. The molecule has 2 aromatic carbocycles. The van der Waals surface area contributed by atoms with Crippen LogP contribution in [0.2, 0.25) is 0 Å². The third-order valence-electron chi connectivity index (χ3n) is 7.77. The van der Waals surface area contributed by atoms with Crippen LogP contribution in [0.3, 0.4) is 0 Å². The van der Waals surface area contributed by atoms with Gasteiger partial charge in [-0.2, -0.15) is 0 Å². The van der Waals surface area contributed by atoms with Gasteiger partial charge in [0.25, 0.3) is 0 Å². The van der Waals surface area contributed by atoms with Crippen molar-refractivity contribution < 1.29 is 17.9 Å². The van der Waals surface area contributed by atoms with Crippen molar-refractivity contribution in [3.63, 3.8) is 0 Å². The minimum absolute atomic E-state index is 0.0374. The van der Waals surface area contributed by atoms with Crippen LogP contribution < -0.4 is 0 Å². The predicted molar refractivity (Wildman–Crippen MR) is 112 cm³/mol. The van der Waals surface area contributed by atoms with E-state index in [9.17, 15) is 13.2 Å². The molecule has 1 aliphatic carbocycles. The highest BCUT2D eigenvalue weighted by atomic mass is 19.1. The fourth-order valence-electron chi connectivity index (χ4n) is 5.51. The summed E-state index contributed by atoms with van der Waals surface area (Å²) in [7, 11) is 0. The summed E-state index contributed by atoms with van der Waals surface area (Å²) in [6.07, 6.45) is 1.40. The van der Waals surface area contributed by atoms with Crippen LogP contribution in [0.1, 0.15) is 50.8 Å². The molecule has 30 heavy (non-hydrogen) atoms. The van der Waals surface area contributed by atoms with Crippen molar-refractivity contribution in [3.8, 4) is 0 Å². The molecule has 2 nitrogen and oxygen atoms in total. The Morgan fingerprint density at radius 1 is 1.03 bits per heavy atom. The van der Waals surface area contributed by atoms with Crippen molar-refractivity contribution in [1.82, 2.24) is 4.90 Å². The third-order valence-corrected chi connectivity index (χ3v) is 7.77. The highest BCUT2D eigenvalue weighted by Gasteiger charge is 2.56. The van der Waals surface area contributed by atoms with E-state index < -0.39 is 11.6 Å². The van der Waals surface area contributed by atoms with Crippen molar-refractivity contribution in [1.29, 1.82) is 0 Å². The number of rotatable bonds is 5. The molecule has 0 N–H and O–H groups in total. The normalized spacial score (nSPS) is 26.3. The van der Waals surface area contributed by atoms with Gasteiger partial charge >= 0.3 is 0 Å². The van der Waals surface area contributed by atoms with E-state index in [0.29, 0.717) is 13.0 Å². The first-order valence-corrected chi connectivity index (χ1v) is 10.7. The smallest absolute Gasteiger partial charge is 0.131 e. The van der Waals surface area contributed by atoms with Crippen molar-refractivity contribution >= 4 is 0 Å². The van der Waals surface area contributed by atoms with Crippen LogP contribution in [0.25, 0.3) is 0 Å². The van der Waals surface area contributed by atoms with Gasteiger partial charge in [-0.15, -0.1) is 0 Å². The third kappa shape index (κ3) is 3.36. The summed E-state index contributed by atoms with van der Waals surface area (Å²) in [5.41, 5.74) is 1.80. The zero-order chi connectivity index (χ0) is 21.7. The maximum atomic E-state index is 14.7. The van der Waals surface area contributed by atoms with E-state index in [4.69, 9.17) is 4.74 Å². The minimum Gasteiger partial charge on any atom is -0.372 e. The molecule has 2 bridgehead atoms. The quantitative estimate of drug-likeness (QED) is 0.626. The second kappa shape index (κ2) is 7.69. The van der Waals surface area contributed by atoms with Gasteiger partial charge in [0.05, 0.1) is 12.7 Å². The van der Waals surface area contributed by atoms with Crippen LogP contribution in [0.4, 0.5) is 13.2 Å². The molecule has 3 atom stereocenters. The topological polar surface area (TPSA) is 12.5 Å². The van der Waals surface area contributed by atoms with Crippen LogP contribution in [0.5, 0.6) is 0 Å². The number of likely N-dealkylation sites (tertiary alicyclic amines) is 1. The van der Waals surface area contributed by atoms with E-state index in [-0.39, 0.29) is 41.0 Å². The first-order chi connectivity index (χ1) is 14.1. The number of benzene rings is 2. The van der Waals surface area contributed by atoms with Gasteiger partial charge in [0.15, 0.2) is 0 Å². The molecule has 1 unspecified atom stereocenters. The maximum absolute atomic E-state index is 14.7. The fourth-order valence-corrected chi connectivity index (χ4v) is 5.51. The number of hydrogen-bond acceptors (Lipinski definition) is 2. The Balaban J connectivity index is 1.51. The SMILES string of the molecule is CC(CN1CC[C@@]2(C)c3cccc(F)c3C[C@@H]1C2(C)C)OCc1c(F)cccc1F. The van der Waals surface area contributed by atoms with Crippen LogP contribution in [0, 0.1) is 22.9 Å². The molecule has 0 saturated carbocycles. The van der Waals surface area contributed by atoms with Crippen molar-refractivity contribution in [2.45, 2.75) is 64.7 Å². The van der Waals surface area contributed by atoms with E-state index in [1.807, 2.05) is 13.0 Å². The number of halogens is 3. The van der Waals surface area contributed by atoms with Crippen LogP contribution in [-0.4, -0.2) is 30.1 Å². The van der Waals surface area contributed by atoms with Gasteiger partial charge in [0.2, 0.25) is 0 Å². The van der Waals surface area contributed by atoms with E-state index in [1.54, 1.807) is 6.07 Å². The largest absolute Gasteiger partial charge is 0.372 e. The molecular weight excluding hydrogens is 387 g/mol. The van der Waals surface area contributed by atoms with Gasteiger partial charge in [0.1, 0.15) is 17.5 Å². The van der Waals surface area contributed by atoms with Crippen molar-refractivity contribution in [2.75, 3.05) is 13.1 Å². The Morgan fingerprint density at radius 2 is 1.67 bits per heavy atom. The van der Waals surface area contributed by atoms with Gasteiger partial charge in [-0.25, -0.2) is 13.2 Å². The van der Waals surface area contributed by atoms with Crippen LogP contribution >= 0.6 is 0 Å². The Hall–Kier alpha value is -1.85. The lowest BCUT2D eigenvalue weighted by Crippen LogP contribution is -2.64. The molecule has 2 aliphatic rings. The highest BCUT2D eigenvalue weighted by molar-refractivity contribution is 5.42. The molecule has 0 spiro atoms. The highest BCUT2D eigenvalue weighted by Crippen LogP contribution is 2.56. The standard InChI is InChI=1S/C25H30F3NO/c1-16(30-15-18-21(27)9-6-10-22(18)28)14-29-12-11-25(4)19-7-5-8-20(26)17(19)13-23(29)24(25,2)3/h5-10,16,23H,11-15H2,1-4H3/t16?,23-,25+/m1/s1. The summed E-state index contributed by atoms with van der Waals surface area (Å²) in [6.45, 7) is 10.2. The molecule has 1 aliphatic heterocycles. The van der Waals surface area contributed by atoms with Crippen LogP contribution in [0.15, 0.2) is 36.4 Å². The molecule has 0 radical (unpaired) electrons. The molecule has 4 rings (SSSR count). The van der Waals surface area contributed by atoms with E-state index in [2.05, 4.69) is 31.7 Å². The monoisotopic (exact) mass is 417 g/mol. The Kier molecular flexibility index (Phi) is 5.48. The first kappa shape index (κ1) is 21.4. The Labute approximate surface area is 177 Å². The van der Waals surface area contributed by atoms with Gasteiger partial charge in [-0.3, -0.25) is 4.90 Å². The van der Waals surface area contributed by atoms with E-state index >= 15 is 0 Å². The first-order valence-electron chi connectivity index (χ1n) is 10.7. The molecule has 1 heterocycles. The van der Waals surface area contributed by atoms with Gasteiger partial charge in [0, 0.05) is 23.6 Å². The average Bonchev–Trinajstić information content (AvgIpc) is 2.67. The summed E-state index contributed by atoms with van der Waals surface area (Å²) in [4.78, 5) is 2.37. The molecule has 0 amide bonds. The summed E-state index contributed by atoms with van der Waals surface area (Å²) >= 11 is 0. The Morgan fingerprint density at radius 3 is 2.37 bits per heavy atom. The van der Waals surface area contributed by atoms with E-state index in [0.717, 1.165) is 24.1 Å². The number of hydrogen-bond donors (Lipinski definition) is 0. The van der Waals surface area contributed by atoms with Crippen LogP contribution in [-0.2, 0) is 23.2 Å². The summed E-state index contributed by atoms with van der Waals surface area (Å²) in [5.74, 6) is -1.30. The summed E-state index contributed by atoms with van der Waals surface area (Å²) < 4.78 is 48.2. The minimum atomic E-state index is -0.587. The van der Waals surface area contributed by atoms with Crippen molar-refractivity contribution in [3.05, 3.63) is 70.5 Å². The number of fused-ring (bicyclic) bond motifs is 4. The molecular formula is C25H30F3NO.